The first kappa shape index (κ1) is 16.0. The molecular weight excluding hydrogens is 320 g/mol. The molecule has 0 amide bonds. The highest BCUT2D eigenvalue weighted by atomic mass is 16.1. The molecule has 0 atom stereocenters. The summed E-state index contributed by atoms with van der Waals surface area (Å²) >= 11 is 0. The average Bonchev–Trinajstić information content (AvgIpc) is 3.22. The molecule has 1 aromatic heterocycles. The first-order chi connectivity index (χ1) is 12.8. The summed E-state index contributed by atoms with van der Waals surface area (Å²) in [5, 5.41) is 0. The number of imidazole rings is 1. The van der Waals surface area contributed by atoms with Crippen LogP contribution in [-0.4, -0.2) is 15.3 Å². The summed E-state index contributed by atoms with van der Waals surface area (Å²) < 4.78 is 2.00. The number of nitrogens with zero attached hydrogens (tertiary/aromatic N) is 2. The Kier molecular flexibility index (Phi) is 4.44. The Morgan fingerprint density at radius 3 is 2.00 bits per heavy atom. The van der Waals surface area contributed by atoms with E-state index < -0.39 is 0 Å². The Balaban J connectivity index is 1.50. The molecule has 0 N–H and O–H groups in total. The second-order valence-corrected chi connectivity index (χ2v) is 6.20. The summed E-state index contributed by atoms with van der Waals surface area (Å²) in [5.74, 6) is 0.0405. The molecule has 0 aliphatic heterocycles. The van der Waals surface area contributed by atoms with E-state index in [1.807, 2.05) is 77.5 Å². The molecule has 0 radical (unpaired) electrons. The van der Waals surface area contributed by atoms with Crippen molar-refractivity contribution in [3.05, 3.63) is 114 Å². The van der Waals surface area contributed by atoms with Crippen molar-refractivity contribution in [1.82, 2.24) is 9.55 Å². The normalized spacial score (nSPS) is 10.6. The van der Waals surface area contributed by atoms with Gasteiger partial charge in [0.1, 0.15) is 0 Å². The smallest absolute Gasteiger partial charge is 0.193 e. The highest BCUT2D eigenvalue weighted by Crippen LogP contribution is 2.20. The third-order valence-electron chi connectivity index (χ3n) is 4.39. The summed E-state index contributed by atoms with van der Waals surface area (Å²) in [5.41, 5.74) is 4.80. The van der Waals surface area contributed by atoms with Crippen molar-refractivity contribution in [2.45, 2.75) is 6.54 Å². The zero-order chi connectivity index (χ0) is 17.8. The number of aromatic nitrogens is 2. The SMILES string of the molecule is O=C(c1ccc(Cn2ccnc2)cc1)c1ccc(-c2ccccc2)cc1. The van der Waals surface area contributed by atoms with Crippen LogP contribution in [0.5, 0.6) is 0 Å². The highest BCUT2D eigenvalue weighted by molar-refractivity contribution is 6.09. The minimum atomic E-state index is 0.0405. The molecule has 0 aliphatic rings. The third kappa shape index (κ3) is 3.47. The van der Waals surface area contributed by atoms with Crippen LogP contribution in [0.25, 0.3) is 11.1 Å². The van der Waals surface area contributed by atoms with Crippen LogP contribution < -0.4 is 0 Å². The van der Waals surface area contributed by atoms with Gasteiger partial charge in [0.25, 0.3) is 0 Å². The zero-order valence-corrected chi connectivity index (χ0v) is 14.2. The molecular formula is C23H18N2O. The van der Waals surface area contributed by atoms with Crippen LogP contribution in [0.15, 0.2) is 97.6 Å². The van der Waals surface area contributed by atoms with Gasteiger partial charge in [-0.1, -0.05) is 78.9 Å². The number of carbonyl (C=O) groups excluding carboxylic acids is 1. The number of ketones is 1. The standard InChI is InChI=1S/C23H18N2O/c26-23(21-8-6-18(7-9-21)16-25-15-14-24-17-25)22-12-10-20(11-13-22)19-4-2-1-3-5-19/h1-15,17H,16H2. The van der Waals surface area contributed by atoms with Crippen molar-refractivity contribution in [3.8, 4) is 11.1 Å². The van der Waals surface area contributed by atoms with E-state index in [1.54, 1.807) is 12.5 Å². The molecule has 26 heavy (non-hydrogen) atoms. The molecule has 0 spiro atoms. The monoisotopic (exact) mass is 338 g/mol. The minimum Gasteiger partial charge on any atom is -0.333 e. The van der Waals surface area contributed by atoms with Crippen LogP contribution >= 0.6 is 0 Å². The third-order valence-corrected chi connectivity index (χ3v) is 4.39. The van der Waals surface area contributed by atoms with Crippen LogP contribution in [0.1, 0.15) is 21.5 Å². The van der Waals surface area contributed by atoms with Crippen molar-refractivity contribution < 1.29 is 4.79 Å². The van der Waals surface area contributed by atoms with E-state index in [1.165, 1.54) is 0 Å². The maximum atomic E-state index is 12.7. The van der Waals surface area contributed by atoms with E-state index in [-0.39, 0.29) is 5.78 Å². The average molecular weight is 338 g/mol. The van der Waals surface area contributed by atoms with E-state index in [0.29, 0.717) is 11.1 Å². The quantitative estimate of drug-likeness (QED) is 0.489. The lowest BCUT2D eigenvalue weighted by molar-refractivity contribution is 0.103. The lowest BCUT2D eigenvalue weighted by Crippen LogP contribution is -2.02. The fourth-order valence-electron chi connectivity index (χ4n) is 2.96. The molecule has 3 aromatic carbocycles. The van der Waals surface area contributed by atoms with Crippen molar-refractivity contribution in [1.29, 1.82) is 0 Å². The van der Waals surface area contributed by atoms with Crippen LogP contribution in [0, 0.1) is 0 Å². The molecule has 0 saturated carbocycles. The number of hydrogen-bond donors (Lipinski definition) is 0. The Labute approximate surface area is 152 Å². The van der Waals surface area contributed by atoms with E-state index >= 15 is 0 Å². The van der Waals surface area contributed by atoms with E-state index in [2.05, 4.69) is 17.1 Å². The molecule has 0 fully saturated rings. The molecule has 1 heterocycles. The second kappa shape index (κ2) is 7.19. The predicted octanol–water partition coefficient (Wildman–Crippen LogP) is 4.83. The maximum Gasteiger partial charge on any atom is 0.193 e. The first-order valence-corrected chi connectivity index (χ1v) is 8.54. The van der Waals surface area contributed by atoms with Gasteiger partial charge >= 0.3 is 0 Å². The number of rotatable bonds is 5. The molecule has 3 heteroatoms. The lowest BCUT2D eigenvalue weighted by Gasteiger charge is -2.06. The van der Waals surface area contributed by atoms with Crippen LogP contribution in [0.4, 0.5) is 0 Å². The summed E-state index contributed by atoms with van der Waals surface area (Å²) in [6, 6.07) is 25.7. The van der Waals surface area contributed by atoms with Gasteiger partial charge in [-0.3, -0.25) is 4.79 Å². The molecule has 4 aromatic rings. The molecule has 0 unspecified atom stereocenters. The van der Waals surface area contributed by atoms with Gasteiger partial charge in [-0.2, -0.15) is 0 Å². The van der Waals surface area contributed by atoms with Crippen LogP contribution in [-0.2, 0) is 6.54 Å². The van der Waals surface area contributed by atoms with Crippen molar-refractivity contribution in [3.63, 3.8) is 0 Å². The molecule has 0 bridgehead atoms. The Hall–Kier alpha value is -3.46. The molecule has 3 nitrogen and oxygen atoms in total. The number of benzene rings is 3. The Morgan fingerprint density at radius 1 is 0.769 bits per heavy atom. The van der Waals surface area contributed by atoms with Gasteiger partial charge in [-0.05, 0) is 16.7 Å². The van der Waals surface area contributed by atoms with Gasteiger partial charge < -0.3 is 4.57 Å². The van der Waals surface area contributed by atoms with Gasteiger partial charge in [-0.25, -0.2) is 4.98 Å². The largest absolute Gasteiger partial charge is 0.333 e. The Bertz CT molecular complexity index is 987. The van der Waals surface area contributed by atoms with Gasteiger partial charge in [0, 0.05) is 30.1 Å². The van der Waals surface area contributed by atoms with Gasteiger partial charge in [0.05, 0.1) is 6.33 Å². The van der Waals surface area contributed by atoms with Crippen LogP contribution in [0.3, 0.4) is 0 Å². The van der Waals surface area contributed by atoms with Crippen molar-refractivity contribution >= 4 is 5.78 Å². The fraction of sp³-hybridized carbons (Fsp3) is 0.0435. The van der Waals surface area contributed by atoms with Crippen molar-refractivity contribution in [2.75, 3.05) is 0 Å². The van der Waals surface area contributed by atoms with E-state index in [0.717, 1.165) is 23.2 Å². The van der Waals surface area contributed by atoms with Gasteiger partial charge in [-0.15, -0.1) is 0 Å². The maximum absolute atomic E-state index is 12.7. The van der Waals surface area contributed by atoms with Gasteiger partial charge in [0.2, 0.25) is 0 Å². The minimum absolute atomic E-state index is 0.0405. The molecule has 4 rings (SSSR count). The summed E-state index contributed by atoms with van der Waals surface area (Å²) in [6.45, 7) is 0.750. The molecule has 0 saturated heterocycles. The highest BCUT2D eigenvalue weighted by Gasteiger charge is 2.09. The predicted molar refractivity (Wildman–Crippen MR) is 103 cm³/mol. The summed E-state index contributed by atoms with van der Waals surface area (Å²) in [4.78, 5) is 16.7. The van der Waals surface area contributed by atoms with Crippen molar-refractivity contribution in [2.24, 2.45) is 0 Å². The second-order valence-electron chi connectivity index (χ2n) is 6.20. The lowest BCUT2D eigenvalue weighted by atomic mass is 9.99. The van der Waals surface area contributed by atoms with Crippen LogP contribution in [0.2, 0.25) is 0 Å². The first-order valence-electron chi connectivity index (χ1n) is 8.54. The summed E-state index contributed by atoms with van der Waals surface area (Å²) in [6.07, 6.45) is 5.47. The van der Waals surface area contributed by atoms with E-state index in [9.17, 15) is 4.79 Å². The zero-order valence-electron chi connectivity index (χ0n) is 14.2. The van der Waals surface area contributed by atoms with E-state index in [4.69, 9.17) is 0 Å². The molecule has 0 aliphatic carbocycles. The number of carbonyl (C=O) groups is 1. The molecule has 126 valence electrons. The Morgan fingerprint density at radius 2 is 1.38 bits per heavy atom. The summed E-state index contributed by atoms with van der Waals surface area (Å²) in [7, 11) is 0. The fourth-order valence-corrected chi connectivity index (χ4v) is 2.96. The van der Waals surface area contributed by atoms with Gasteiger partial charge in [0.15, 0.2) is 5.78 Å². The number of hydrogen-bond acceptors (Lipinski definition) is 2. The topological polar surface area (TPSA) is 34.9 Å².